The molecule has 0 bridgehead atoms. The Bertz CT molecular complexity index is 2500. The van der Waals surface area contributed by atoms with Gasteiger partial charge in [0.2, 0.25) is 20.0 Å². The molecule has 2 aliphatic rings. The van der Waals surface area contributed by atoms with E-state index in [9.17, 15) is 16.8 Å². The van der Waals surface area contributed by atoms with Gasteiger partial charge < -0.3 is 17.9 Å². The molecule has 0 saturated carbocycles. The first-order valence-electron chi connectivity index (χ1n) is 21.2. The first-order chi connectivity index (χ1) is 28.6. The summed E-state index contributed by atoms with van der Waals surface area (Å²) in [5.74, 6) is 0. The van der Waals surface area contributed by atoms with Gasteiger partial charge in [0.25, 0.3) is 0 Å². The van der Waals surface area contributed by atoms with Gasteiger partial charge in [-0.25, -0.2) is 16.8 Å². The summed E-state index contributed by atoms with van der Waals surface area (Å²) in [7, 11) is -10.3. The van der Waals surface area contributed by atoms with Crippen LogP contribution in [0.5, 0.6) is 0 Å². The van der Waals surface area contributed by atoms with Gasteiger partial charge in [-0.15, -0.1) is 0 Å². The number of benzene rings is 4. The van der Waals surface area contributed by atoms with Crippen LogP contribution < -0.4 is 4.52 Å². The average Bonchev–Trinajstić information content (AvgIpc) is 3.79. The zero-order chi connectivity index (χ0) is 44.4. The van der Waals surface area contributed by atoms with Gasteiger partial charge in [-0.2, -0.15) is 8.61 Å². The molecule has 61 heavy (non-hydrogen) atoms. The van der Waals surface area contributed by atoms with Crippen LogP contribution in [0, 0.1) is 13.8 Å². The number of nitrogens with zero attached hydrogens (tertiary/aromatic N) is 2. The van der Waals surface area contributed by atoms with E-state index in [0.29, 0.717) is 45.9 Å². The highest BCUT2D eigenvalue weighted by atomic mass is 32.2. The zero-order valence-corrected chi connectivity index (χ0v) is 40.0. The molecule has 2 fully saturated rings. The van der Waals surface area contributed by atoms with Crippen molar-refractivity contribution in [1.82, 2.24) is 8.61 Å². The summed E-state index contributed by atoms with van der Waals surface area (Å²) in [4.78, 5) is 0.355. The normalized spacial score (nSPS) is 21.0. The minimum Gasteiger partial charge on any atom is -0.398 e. The summed E-state index contributed by atoms with van der Waals surface area (Å²) in [6, 6.07) is 21.0. The van der Waals surface area contributed by atoms with Gasteiger partial charge in [0, 0.05) is 21.9 Å². The minimum absolute atomic E-state index is 0.177. The molecule has 0 unspecified atom stereocenters. The molecule has 7 rings (SSSR count). The van der Waals surface area contributed by atoms with Gasteiger partial charge in [-0.05, 0) is 111 Å². The standard InChI is InChI=1S/C47H61N2O9PS2/c1-13-34-27-54-44(48(34)60(50,51)36-19-15-30(5)16-20-36)40-25-32(46(7,8)9)23-38-39-24-33(47(10,11)12)26-41(43(39)58-59(56-29(3)4)57-42(38)40)45-49(35(14-2)28-55-45)61(52,53)37-21-17-31(6)18-22-37/h15-26,29,34-35,44-45H,13-14,27-28H2,1-12H3/t34-,35-,44-,45-/m1/s1. The fraction of sp³-hybridized carbons (Fsp3) is 0.489. The molecule has 0 radical (unpaired) electrons. The van der Waals surface area contributed by atoms with Crippen LogP contribution in [0.15, 0.2) is 91.0 Å². The van der Waals surface area contributed by atoms with E-state index >= 15 is 0 Å². The van der Waals surface area contributed by atoms with E-state index in [2.05, 4.69) is 53.7 Å². The van der Waals surface area contributed by atoms with E-state index in [0.717, 1.165) is 22.3 Å². The highest BCUT2D eigenvalue weighted by Crippen LogP contribution is 2.48. The van der Waals surface area contributed by atoms with Crippen molar-refractivity contribution in [3.63, 3.8) is 0 Å². The smallest absolute Gasteiger partial charge is 0.387 e. The van der Waals surface area contributed by atoms with Gasteiger partial charge in [-0.1, -0.05) is 90.8 Å². The van der Waals surface area contributed by atoms with E-state index in [-0.39, 0.29) is 29.1 Å². The molecule has 0 aliphatic carbocycles. The average molecular weight is 893 g/mol. The van der Waals surface area contributed by atoms with Crippen molar-refractivity contribution in [3.8, 4) is 0 Å². The molecule has 11 nitrogen and oxygen atoms in total. The fourth-order valence-corrected chi connectivity index (χ4v) is 12.6. The molecule has 330 valence electrons. The van der Waals surface area contributed by atoms with Gasteiger partial charge in [0.15, 0.2) is 23.6 Å². The Morgan fingerprint density at radius 2 is 1.00 bits per heavy atom. The second kappa shape index (κ2) is 16.9. The first-order valence-corrected chi connectivity index (χ1v) is 25.2. The Morgan fingerprint density at radius 1 is 0.639 bits per heavy atom. The number of rotatable bonds is 10. The van der Waals surface area contributed by atoms with Crippen molar-refractivity contribution >= 4 is 50.2 Å². The summed E-state index contributed by atoms with van der Waals surface area (Å²) in [6.07, 6.45) is -1.37. The number of hydrogen-bond acceptors (Lipinski definition) is 9. The van der Waals surface area contributed by atoms with Gasteiger partial charge in [0.05, 0.1) is 41.2 Å². The van der Waals surface area contributed by atoms with Crippen molar-refractivity contribution in [3.05, 3.63) is 106 Å². The summed E-state index contributed by atoms with van der Waals surface area (Å²) < 4.78 is 95.4. The Kier molecular flexibility index (Phi) is 12.6. The molecule has 14 heteroatoms. The molecule has 4 aromatic carbocycles. The third kappa shape index (κ3) is 8.74. The molecule has 3 heterocycles. The monoisotopic (exact) mass is 892 g/mol. The SMILES string of the molecule is CC[C@@H]1CO[C@H](c2cc(C(C)(C)C)cc3c2op(OC(C)C)oc2c([C@H]4OC[C@@H](CC)N4S(=O)(=O)c4ccc(C)cc4)cc(C(C)(C)C)cc23)N1S(=O)(=O)c1ccc(C)cc1. The Morgan fingerprint density at radius 3 is 1.31 bits per heavy atom. The van der Waals surface area contributed by atoms with Gasteiger partial charge >= 0.3 is 8.24 Å². The quantitative estimate of drug-likeness (QED) is 0.135. The summed E-state index contributed by atoms with van der Waals surface area (Å²) >= 11 is 0. The highest BCUT2D eigenvalue weighted by molar-refractivity contribution is 7.89. The van der Waals surface area contributed by atoms with Crippen LogP contribution >= 0.6 is 8.24 Å². The predicted octanol–water partition coefficient (Wildman–Crippen LogP) is 11.3. The minimum atomic E-state index is -4.07. The van der Waals surface area contributed by atoms with Crippen LogP contribution in [0.1, 0.15) is 128 Å². The topological polar surface area (TPSA) is 129 Å². The second-order valence-corrected chi connectivity index (χ2v) is 23.4. The van der Waals surface area contributed by atoms with E-state index in [1.807, 2.05) is 53.7 Å². The maximum absolute atomic E-state index is 14.7. The second-order valence-electron chi connectivity index (χ2n) is 18.7. The van der Waals surface area contributed by atoms with Crippen LogP contribution in [0.3, 0.4) is 0 Å². The predicted molar refractivity (Wildman–Crippen MR) is 241 cm³/mol. The maximum Gasteiger partial charge on any atom is 0.387 e. The summed E-state index contributed by atoms with van der Waals surface area (Å²) in [5.41, 5.74) is 4.72. The lowest BCUT2D eigenvalue weighted by Gasteiger charge is -2.29. The van der Waals surface area contributed by atoms with Crippen LogP contribution in [-0.2, 0) is 40.4 Å². The van der Waals surface area contributed by atoms with Crippen molar-refractivity contribution < 1.29 is 39.2 Å². The summed E-state index contributed by atoms with van der Waals surface area (Å²) in [5, 5.41) is 1.30. The molecule has 1 aromatic heterocycles. The van der Waals surface area contributed by atoms with Crippen LogP contribution in [0.4, 0.5) is 0 Å². The lowest BCUT2D eigenvalue weighted by molar-refractivity contribution is 0.0683. The third-order valence-corrected chi connectivity index (χ3v) is 16.7. The molecule has 5 aromatic rings. The van der Waals surface area contributed by atoms with E-state index in [4.69, 9.17) is 22.4 Å². The van der Waals surface area contributed by atoms with E-state index in [1.54, 1.807) is 48.5 Å². The highest BCUT2D eigenvalue weighted by Gasteiger charge is 2.47. The molecule has 2 aliphatic heterocycles. The lowest BCUT2D eigenvalue weighted by atomic mass is 9.83. The van der Waals surface area contributed by atoms with Gasteiger partial charge in [0.1, 0.15) is 0 Å². The van der Waals surface area contributed by atoms with Crippen LogP contribution in [0.2, 0.25) is 0 Å². The Labute approximate surface area is 363 Å². The van der Waals surface area contributed by atoms with E-state index in [1.165, 1.54) is 8.61 Å². The Hall–Kier alpha value is -3.52. The number of hydrogen-bond donors (Lipinski definition) is 0. The fourth-order valence-electron chi connectivity index (χ4n) is 7.96. The lowest BCUT2D eigenvalue weighted by Crippen LogP contribution is -2.38. The Balaban J connectivity index is 1.59. The number of ether oxygens (including phenoxy) is 2. The molecular formula is C47H61N2O9PS2. The number of fused-ring (bicyclic) bond motifs is 3. The van der Waals surface area contributed by atoms with Crippen LogP contribution in [0.25, 0.3) is 21.9 Å². The number of sulfonamides is 2. The molecule has 0 N–H and O–H groups in total. The van der Waals surface area contributed by atoms with Crippen molar-refractivity contribution in [1.29, 1.82) is 0 Å². The summed E-state index contributed by atoms with van der Waals surface area (Å²) in [6.45, 7) is 24.6. The van der Waals surface area contributed by atoms with Crippen molar-refractivity contribution in [2.24, 2.45) is 0 Å². The van der Waals surface area contributed by atoms with Crippen molar-refractivity contribution in [2.45, 2.75) is 147 Å². The largest absolute Gasteiger partial charge is 0.398 e. The van der Waals surface area contributed by atoms with E-state index < -0.39 is 63.7 Å². The maximum atomic E-state index is 14.7. The molecular weight excluding hydrogens is 832 g/mol. The van der Waals surface area contributed by atoms with Gasteiger partial charge in [-0.3, -0.25) is 4.52 Å². The first kappa shape index (κ1) is 45.5. The molecule has 4 atom stereocenters. The molecule has 0 amide bonds. The molecule has 2 saturated heterocycles. The number of aryl methyl sites for hydroxylation is 2. The van der Waals surface area contributed by atoms with Crippen molar-refractivity contribution in [2.75, 3.05) is 13.2 Å². The van der Waals surface area contributed by atoms with Crippen LogP contribution in [-0.4, -0.2) is 56.8 Å². The molecule has 0 spiro atoms. The zero-order valence-electron chi connectivity index (χ0n) is 37.5. The third-order valence-electron chi connectivity index (χ3n) is 11.6.